The molecule has 0 bridgehead atoms. The number of nitrogens with one attached hydrogen (secondary N) is 1. The Labute approximate surface area is 145 Å². The molecule has 1 amide bonds. The molecule has 0 heterocycles. The number of carbonyl (C=O) groups excluding carboxylic acids is 1. The van der Waals surface area contributed by atoms with E-state index in [2.05, 4.69) is 5.32 Å². The van der Waals surface area contributed by atoms with Gasteiger partial charge in [0.1, 0.15) is 0 Å². The maximum atomic E-state index is 12.5. The van der Waals surface area contributed by atoms with Crippen LogP contribution >= 0.6 is 11.6 Å². The molecule has 1 saturated carbocycles. The topological polar surface area (TPSA) is 66.4 Å². The van der Waals surface area contributed by atoms with E-state index in [1.54, 1.807) is 12.1 Å². The molecule has 0 spiro atoms. The Balaban J connectivity index is 1.76. The largest absolute Gasteiger partial charge is 0.481 e. The van der Waals surface area contributed by atoms with Crippen LogP contribution < -0.4 is 5.32 Å². The number of hydrogen-bond acceptors (Lipinski definition) is 2. The molecule has 124 valence electrons. The highest BCUT2D eigenvalue weighted by Gasteiger charge is 2.31. The number of benzene rings is 2. The van der Waals surface area contributed by atoms with Crippen LogP contribution in [0.4, 0.5) is 0 Å². The van der Waals surface area contributed by atoms with Crippen molar-refractivity contribution in [1.82, 2.24) is 5.32 Å². The van der Waals surface area contributed by atoms with Crippen LogP contribution in [-0.2, 0) is 4.79 Å². The van der Waals surface area contributed by atoms with Gasteiger partial charge in [-0.05, 0) is 42.5 Å². The number of amides is 1. The second-order valence-corrected chi connectivity index (χ2v) is 6.49. The van der Waals surface area contributed by atoms with E-state index in [0.29, 0.717) is 29.8 Å². The van der Waals surface area contributed by atoms with Gasteiger partial charge in [-0.1, -0.05) is 48.0 Å². The lowest BCUT2D eigenvalue weighted by molar-refractivity contribution is -0.141. The smallest absolute Gasteiger partial charge is 0.306 e. The fourth-order valence-electron chi connectivity index (χ4n) is 3.11. The lowest BCUT2D eigenvalue weighted by atomic mass is 10.0. The molecule has 2 aromatic carbocycles. The van der Waals surface area contributed by atoms with Gasteiger partial charge in [-0.25, -0.2) is 0 Å². The normalized spacial score (nSPS) is 19.9. The van der Waals surface area contributed by atoms with Gasteiger partial charge in [0.2, 0.25) is 0 Å². The second kappa shape index (κ2) is 7.05. The molecule has 1 fully saturated rings. The van der Waals surface area contributed by atoms with Crippen LogP contribution in [0.15, 0.2) is 48.5 Å². The Kier molecular flexibility index (Phi) is 4.86. The van der Waals surface area contributed by atoms with Gasteiger partial charge in [-0.15, -0.1) is 0 Å². The van der Waals surface area contributed by atoms with Crippen molar-refractivity contribution in [2.45, 2.75) is 25.3 Å². The molecule has 0 aliphatic heterocycles. The summed E-state index contributed by atoms with van der Waals surface area (Å²) < 4.78 is 0. The molecule has 0 aromatic heterocycles. The van der Waals surface area contributed by atoms with Gasteiger partial charge < -0.3 is 10.4 Å². The number of aliphatic carboxylic acids is 1. The predicted molar refractivity (Wildman–Crippen MR) is 93.1 cm³/mol. The van der Waals surface area contributed by atoms with Gasteiger partial charge in [0.05, 0.1) is 16.5 Å². The Morgan fingerprint density at radius 2 is 1.79 bits per heavy atom. The number of carbonyl (C=O) groups is 2. The molecule has 0 saturated heterocycles. The van der Waals surface area contributed by atoms with Crippen molar-refractivity contribution >= 4 is 23.5 Å². The molecule has 3 rings (SSSR count). The first-order valence-corrected chi connectivity index (χ1v) is 8.31. The standard InChI is InChI=1S/C19H18ClNO3/c20-17-9-7-13(12-4-2-1-3-5-12)11-16(17)18(22)21-15-8-6-14(10-15)19(23)24/h1-5,7,9,11,14-15H,6,8,10H2,(H,21,22)(H,23,24)/t14-,15+/m1/s1. The first-order chi connectivity index (χ1) is 11.5. The molecule has 2 atom stereocenters. The maximum absolute atomic E-state index is 12.5. The third kappa shape index (κ3) is 3.60. The van der Waals surface area contributed by atoms with E-state index >= 15 is 0 Å². The minimum Gasteiger partial charge on any atom is -0.481 e. The number of rotatable bonds is 4. The third-order valence-electron chi connectivity index (χ3n) is 4.44. The SMILES string of the molecule is O=C(N[C@H]1CC[C@@H](C(=O)O)C1)c1cc(-c2ccccc2)ccc1Cl. The Morgan fingerprint density at radius 3 is 2.46 bits per heavy atom. The fraction of sp³-hybridized carbons (Fsp3) is 0.263. The lowest BCUT2D eigenvalue weighted by Crippen LogP contribution is -2.33. The van der Waals surface area contributed by atoms with E-state index in [4.69, 9.17) is 16.7 Å². The van der Waals surface area contributed by atoms with Crippen LogP contribution in [0.3, 0.4) is 0 Å². The van der Waals surface area contributed by atoms with E-state index in [9.17, 15) is 9.59 Å². The number of hydrogen-bond donors (Lipinski definition) is 2. The molecule has 5 heteroatoms. The zero-order valence-corrected chi connectivity index (χ0v) is 13.8. The summed E-state index contributed by atoms with van der Waals surface area (Å²) in [6.45, 7) is 0. The van der Waals surface area contributed by atoms with Crippen LogP contribution in [0, 0.1) is 5.92 Å². The zero-order valence-electron chi connectivity index (χ0n) is 13.0. The van der Waals surface area contributed by atoms with Crippen molar-refractivity contribution in [3.63, 3.8) is 0 Å². The van der Waals surface area contributed by atoms with E-state index in [1.807, 2.05) is 36.4 Å². The monoisotopic (exact) mass is 343 g/mol. The summed E-state index contributed by atoms with van der Waals surface area (Å²) >= 11 is 6.19. The Bertz CT molecular complexity index is 760. The molecule has 1 aliphatic carbocycles. The van der Waals surface area contributed by atoms with Gasteiger partial charge in [-0.2, -0.15) is 0 Å². The minimum atomic E-state index is -0.796. The van der Waals surface area contributed by atoms with Gasteiger partial charge in [0, 0.05) is 6.04 Å². The van der Waals surface area contributed by atoms with E-state index < -0.39 is 5.97 Å². The quantitative estimate of drug-likeness (QED) is 0.882. The van der Waals surface area contributed by atoms with Crippen molar-refractivity contribution in [3.05, 3.63) is 59.1 Å². The van der Waals surface area contributed by atoms with Gasteiger partial charge in [0.25, 0.3) is 5.91 Å². The van der Waals surface area contributed by atoms with Gasteiger partial charge in [-0.3, -0.25) is 9.59 Å². The molecule has 24 heavy (non-hydrogen) atoms. The van der Waals surface area contributed by atoms with Crippen molar-refractivity contribution in [1.29, 1.82) is 0 Å². The fourth-order valence-corrected chi connectivity index (χ4v) is 3.31. The number of halogens is 1. The van der Waals surface area contributed by atoms with E-state index in [0.717, 1.165) is 11.1 Å². The first kappa shape index (κ1) is 16.5. The molecule has 1 aliphatic rings. The summed E-state index contributed by atoms with van der Waals surface area (Å²) in [5.41, 5.74) is 2.34. The van der Waals surface area contributed by atoms with Crippen LogP contribution in [0.25, 0.3) is 11.1 Å². The average Bonchev–Trinajstić information content (AvgIpc) is 3.05. The van der Waals surface area contributed by atoms with Crippen molar-refractivity contribution < 1.29 is 14.7 Å². The molecule has 2 N–H and O–H groups in total. The Morgan fingerprint density at radius 1 is 1.04 bits per heavy atom. The lowest BCUT2D eigenvalue weighted by Gasteiger charge is -2.14. The summed E-state index contributed by atoms with van der Waals surface area (Å²) in [5, 5.41) is 12.4. The van der Waals surface area contributed by atoms with Crippen LogP contribution in [0.5, 0.6) is 0 Å². The van der Waals surface area contributed by atoms with E-state index in [-0.39, 0.29) is 17.9 Å². The third-order valence-corrected chi connectivity index (χ3v) is 4.76. The highest BCUT2D eigenvalue weighted by molar-refractivity contribution is 6.34. The Hall–Kier alpha value is -2.33. The van der Waals surface area contributed by atoms with Crippen LogP contribution in [0.1, 0.15) is 29.6 Å². The number of carboxylic acid groups (broad SMARTS) is 1. The summed E-state index contributed by atoms with van der Waals surface area (Å²) in [5.74, 6) is -1.42. The maximum Gasteiger partial charge on any atom is 0.306 e. The van der Waals surface area contributed by atoms with Crippen molar-refractivity contribution in [2.24, 2.45) is 5.92 Å². The summed E-state index contributed by atoms with van der Waals surface area (Å²) in [7, 11) is 0. The summed E-state index contributed by atoms with van der Waals surface area (Å²) in [6, 6.07) is 15.0. The molecule has 2 aromatic rings. The van der Waals surface area contributed by atoms with Gasteiger partial charge in [0.15, 0.2) is 0 Å². The predicted octanol–water partition coefficient (Wildman–Crippen LogP) is 3.99. The zero-order chi connectivity index (χ0) is 17.1. The molecule has 0 radical (unpaired) electrons. The highest BCUT2D eigenvalue weighted by atomic mass is 35.5. The van der Waals surface area contributed by atoms with Gasteiger partial charge >= 0.3 is 5.97 Å². The molecule has 4 nitrogen and oxygen atoms in total. The molecular weight excluding hydrogens is 326 g/mol. The highest BCUT2D eigenvalue weighted by Crippen LogP contribution is 2.28. The number of carboxylic acids is 1. The van der Waals surface area contributed by atoms with Crippen LogP contribution in [0.2, 0.25) is 5.02 Å². The average molecular weight is 344 g/mol. The molecular formula is C19H18ClNO3. The summed E-state index contributed by atoms with van der Waals surface area (Å²) in [4.78, 5) is 23.6. The molecule has 0 unspecified atom stereocenters. The van der Waals surface area contributed by atoms with Crippen molar-refractivity contribution in [3.8, 4) is 11.1 Å². The minimum absolute atomic E-state index is 0.116. The summed E-state index contributed by atoms with van der Waals surface area (Å²) in [6.07, 6.45) is 1.74. The van der Waals surface area contributed by atoms with Crippen LogP contribution in [-0.4, -0.2) is 23.0 Å². The van der Waals surface area contributed by atoms with Crippen molar-refractivity contribution in [2.75, 3.05) is 0 Å². The first-order valence-electron chi connectivity index (χ1n) is 7.93. The van der Waals surface area contributed by atoms with E-state index in [1.165, 1.54) is 0 Å². The second-order valence-electron chi connectivity index (χ2n) is 6.08.